The maximum Gasteiger partial charge on any atom is 0.128 e. The first kappa shape index (κ1) is 15.0. The van der Waals surface area contributed by atoms with Crippen LogP contribution in [0.25, 0.3) is 0 Å². The smallest absolute Gasteiger partial charge is 0.128 e. The minimum atomic E-state index is -0.238. The summed E-state index contributed by atoms with van der Waals surface area (Å²) < 4.78 is 15.1. The first-order chi connectivity index (χ1) is 9.02. The van der Waals surface area contributed by atoms with Crippen LogP contribution in [0.5, 0.6) is 0 Å². The van der Waals surface area contributed by atoms with Gasteiger partial charge in [0.2, 0.25) is 0 Å². The van der Waals surface area contributed by atoms with Gasteiger partial charge in [-0.05, 0) is 59.2 Å². The van der Waals surface area contributed by atoms with E-state index in [0.717, 1.165) is 20.8 Å². The fraction of sp³-hybridized carbons (Fsp3) is 0.286. The van der Waals surface area contributed by atoms with Gasteiger partial charge < -0.3 is 5.32 Å². The molecular formula is C14H14BrClFNS. The molecule has 102 valence electrons. The summed E-state index contributed by atoms with van der Waals surface area (Å²) in [6, 6.07) is 6.57. The number of thiophene rings is 1. The van der Waals surface area contributed by atoms with Crippen molar-refractivity contribution in [2.75, 3.05) is 6.54 Å². The average Bonchev–Trinajstić information content (AvgIpc) is 2.70. The zero-order valence-electron chi connectivity index (χ0n) is 10.6. The first-order valence-corrected chi connectivity index (χ1v) is 7.95. The Morgan fingerprint density at radius 1 is 1.42 bits per heavy atom. The molecule has 0 saturated carbocycles. The summed E-state index contributed by atoms with van der Waals surface area (Å²) in [5.74, 6) is -0.238. The van der Waals surface area contributed by atoms with Crippen LogP contribution in [0, 0.1) is 12.7 Å². The van der Waals surface area contributed by atoms with Gasteiger partial charge >= 0.3 is 0 Å². The third-order valence-electron chi connectivity index (χ3n) is 2.84. The molecule has 5 heteroatoms. The fourth-order valence-corrected chi connectivity index (χ4v) is 3.78. The van der Waals surface area contributed by atoms with E-state index in [1.54, 1.807) is 23.5 Å². The third kappa shape index (κ3) is 3.37. The highest BCUT2D eigenvalue weighted by molar-refractivity contribution is 9.11. The lowest BCUT2D eigenvalue weighted by Crippen LogP contribution is -2.22. The van der Waals surface area contributed by atoms with E-state index in [9.17, 15) is 4.39 Å². The summed E-state index contributed by atoms with van der Waals surface area (Å²) in [5.41, 5.74) is 1.74. The second kappa shape index (κ2) is 6.35. The van der Waals surface area contributed by atoms with Gasteiger partial charge in [-0.3, -0.25) is 0 Å². The van der Waals surface area contributed by atoms with E-state index in [1.807, 2.05) is 13.8 Å². The van der Waals surface area contributed by atoms with E-state index < -0.39 is 0 Å². The van der Waals surface area contributed by atoms with Crippen LogP contribution in [0.1, 0.15) is 29.0 Å². The molecule has 0 saturated heterocycles. The molecule has 0 aliphatic heterocycles. The van der Waals surface area contributed by atoms with Crippen molar-refractivity contribution in [3.8, 4) is 0 Å². The van der Waals surface area contributed by atoms with Crippen molar-refractivity contribution in [3.05, 3.63) is 54.9 Å². The van der Waals surface area contributed by atoms with Crippen molar-refractivity contribution in [2.24, 2.45) is 0 Å². The minimum Gasteiger partial charge on any atom is -0.306 e. The van der Waals surface area contributed by atoms with Crippen LogP contribution < -0.4 is 5.32 Å². The maximum atomic E-state index is 14.0. The van der Waals surface area contributed by atoms with Crippen LogP contribution in [-0.2, 0) is 0 Å². The van der Waals surface area contributed by atoms with Crippen LogP contribution in [-0.4, -0.2) is 6.54 Å². The van der Waals surface area contributed by atoms with Gasteiger partial charge in [-0.25, -0.2) is 4.39 Å². The Hall–Kier alpha value is -0.420. The zero-order chi connectivity index (χ0) is 14.0. The van der Waals surface area contributed by atoms with Gasteiger partial charge in [0.15, 0.2) is 0 Å². The highest BCUT2D eigenvalue weighted by Gasteiger charge is 2.20. The van der Waals surface area contributed by atoms with E-state index >= 15 is 0 Å². The number of hydrogen-bond donors (Lipinski definition) is 1. The van der Waals surface area contributed by atoms with E-state index in [1.165, 1.54) is 6.07 Å². The lowest BCUT2D eigenvalue weighted by atomic mass is 10.0. The van der Waals surface area contributed by atoms with E-state index in [-0.39, 0.29) is 11.9 Å². The summed E-state index contributed by atoms with van der Waals surface area (Å²) >= 11 is 11.1. The Morgan fingerprint density at radius 2 is 2.16 bits per heavy atom. The Kier molecular flexibility index (Phi) is 5.01. The van der Waals surface area contributed by atoms with Crippen molar-refractivity contribution >= 4 is 38.9 Å². The summed E-state index contributed by atoms with van der Waals surface area (Å²) in [6.07, 6.45) is 0. The standard InChI is InChI=1S/C14H14BrClFNS/c1-3-18-13(12-6-8(2)14(15)19-12)10-7-9(16)4-5-11(10)17/h4-7,13,18H,3H2,1-2H3. The molecule has 0 radical (unpaired) electrons. The molecule has 2 rings (SSSR count). The highest BCUT2D eigenvalue weighted by Crippen LogP contribution is 2.35. The first-order valence-electron chi connectivity index (χ1n) is 5.97. The molecule has 1 aromatic heterocycles. The van der Waals surface area contributed by atoms with E-state index in [0.29, 0.717) is 10.6 Å². The molecule has 1 N–H and O–H groups in total. The normalized spacial score (nSPS) is 12.7. The number of nitrogens with one attached hydrogen (secondary N) is 1. The zero-order valence-corrected chi connectivity index (χ0v) is 13.8. The van der Waals surface area contributed by atoms with Crippen molar-refractivity contribution in [1.82, 2.24) is 5.32 Å². The van der Waals surface area contributed by atoms with Crippen molar-refractivity contribution in [1.29, 1.82) is 0 Å². The molecule has 0 aliphatic rings. The number of rotatable bonds is 4. The van der Waals surface area contributed by atoms with Gasteiger partial charge in [0.1, 0.15) is 5.82 Å². The van der Waals surface area contributed by atoms with Crippen molar-refractivity contribution in [2.45, 2.75) is 19.9 Å². The maximum absolute atomic E-state index is 14.0. The Bertz CT molecular complexity index is 565. The molecule has 1 nitrogen and oxygen atoms in total. The lowest BCUT2D eigenvalue weighted by molar-refractivity contribution is 0.563. The van der Waals surface area contributed by atoms with E-state index in [4.69, 9.17) is 11.6 Å². The number of aryl methyl sites for hydroxylation is 1. The SMILES string of the molecule is CCNC(c1cc(C)c(Br)s1)c1cc(Cl)ccc1F. The summed E-state index contributed by atoms with van der Waals surface area (Å²) in [6.45, 7) is 4.79. The molecule has 1 atom stereocenters. The van der Waals surface area contributed by atoms with Crippen LogP contribution in [0.2, 0.25) is 5.02 Å². The predicted octanol–water partition coefficient (Wildman–Crippen LogP) is 5.31. The molecule has 19 heavy (non-hydrogen) atoms. The largest absolute Gasteiger partial charge is 0.306 e. The lowest BCUT2D eigenvalue weighted by Gasteiger charge is -2.18. The molecular weight excluding hydrogens is 349 g/mol. The van der Waals surface area contributed by atoms with Gasteiger partial charge in [-0.15, -0.1) is 11.3 Å². The van der Waals surface area contributed by atoms with E-state index in [2.05, 4.69) is 27.3 Å². The van der Waals surface area contributed by atoms with Gasteiger partial charge in [0, 0.05) is 15.5 Å². The molecule has 0 bridgehead atoms. The molecule has 0 fully saturated rings. The molecule has 1 heterocycles. The number of halogens is 3. The third-order valence-corrected chi connectivity index (χ3v) is 5.27. The predicted molar refractivity (Wildman–Crippen MR) is 83.7 cm³/mol. The minimum absolute atomic E-state index is 0.168. The quantitative estimate of drug-likeness (QED) is 0.777. The van der Waals surface area contributed by atoms with Crippen LogP contribution >= 0.6 is 38.9 Å². The Morgan fingerprint density at radius 3 is 2.74 bits per heavy atom. The topological polar surface area (TPSA) is 12.0 Å². The highest BCUT2D eigenvalue weighted by atomic mass is 79.9. The summed E-state index contributed by atoms with van der Waals surface area (Å²) in [7, 11) is 0. The average molecular weight is 363 g/mol. The monoisotopic (exact) mass is 361 g/mol. The van der Waals surface area contributed by atoms with Gasteiger partial charge in [0.05, 0.1) is 9.83 Å². The van der Waals surface area contributed by atoms with Gasteiger partial charge in [-0.1, -0.05) is 18.5 Å². The van der Waals surface area contributed by atoms with Gasteiger partial charge in [-0.2, -0.15) is 0 Å². The van der Waals surface area contributed by atoms with Crippen LogP contribution in [0.15, 0.2) is 28.1 Å². The molecule has 1 unspecified atom stereocenters. The number of hydrogen-bond acceptors (Lipinski definition) is 2. The number of benzene rings is 1. The summed E-state index contributed by atoms with van der Waals surface area (Å²) in [4.78, 5) is 1.08. The van der Waals surface area contributed by atoms with Gasteiger partial charge in [0.25, 0.3) is 0 Å². The van der Waals surface area contributed by atoms with Crippen molar-refractivity contribution < 1.29 is 4.39 Å². The molecule has 0 spiro atoms. The molecule has 0 aliphatic carbocycles. The summed E-state index contributed by atoms with van der Waals surface area (Å²) in [5, 5.41) is 3.86. The molecule has 2 aromatic rings. The Balaban J connectivity index is 2.47. The molecule has 1 aromatic carbocycles. The second-order valence-corrected chi connectivity index (χ2v) is 7.10. The Labute approximate surface area is 129 Å². The second-order valence-electron chi connectivity index (χ2n) is 4.26. The molecule has 0 amide bonds. The van der Waals surface area contributed by atoms with Crippen molar-refractivity contribution in [3.63, 3.8) is 0 Å². The van der Waals surface area contributed by atoms with Crippen LogP contribution in [0.3, 0.4) is 0 Å². The van der Waals surface area contributed by atoms with Crippen LogP contribution in [0.4, 0.5) is 4.39 Å². The fourth-order valence-electron chi connectivity index (χ4n) is 1.93.